The Morgan fingerprint density at radius 1 is 0.941 bits per heavy atom. The molecule has 1 atom stereocenters. The number of hydrogen-bond acceptors (Lipinski definition) is 14. The maximum Gasteiger partial charge on any atom is 0.254 e. The first kappa shape index (κ1) is 48.2. The van der Waals surface area contributed by atoms with E-state index in [1.54, 1.807) is 74.0 Å². The van der Waals surface area contributed by atoms with E-state index in [2.05, 4.69) is 74.5 Å². The summed E-state index contributed by atoms with van der Waals surface area (Å²) in [6.45, 7) is 12.7. The number of carbonyl (C=O) groups is 3. The summed E-state index contributed by atoms with van der Waals surface area (Å²) in [6, 6.07) is 12.1. The summed E-state index contributed by atoms with van der Waals surface area (Å²) in [5.74, 6) is 2.34. The zero-order valence-corrected chi connectivity index (χ0v) is 40.7. The van der Waals surface area contributed by atoms with E-state index in [9.17, 15) is 19.6 Å². The highest BCUT2D eigenvalue weighted by molar-refractivity contribution is 6.31. The Morgan fingerprint density at radius 3 is 2.32 bits per heavy atom. The second kappa shape index (κ2) is 20.1. The fraction of sp³-hybridized carbons (Fsp3) is 0.520. The highest BCUT2D eigenvalue weighted by atomic mass is 35.5. The van der Waals surface area contributed by atoms with Crippen LogP contribution in [0.25, 0.3) is 0 Å². The van der Waals surface area contributed by atoms with Crippen molar-refractivity contribution in [2.45, 2.75) is 116 Å². The Kier molecular flexibility index (Phi) is 14.3. The molecule has 0 bridgehead atoms. The number of benzene rings is 2. The van der Waals surface area contributed by atoms with E-state index in [-0.39, 0.29) is 48.1 Å². The van der Waals surface area contributed by atoms with Crippen LogP contribution in [0.3, 0.4) is 0 Å². The summed E-state index contributed by atoms with van der Waals surface area (Å²) in [5, 5.41) is 19.0. The molecule has 68 heavy (non-hydrogen) atoms. The number of rotatable bonds is 16. The van der Waals surface area contributed by atoms with Gasteiger partial charge in [-0.15, -0.1) is 0 Å². The van der Waals surface area contributed by atoms with Crippen molar-refractivity contribution in [3.63, 3.8) is 0 Å². The number of likely N-dealkylation sites (N-methyl/N-ethyl adjacent to an activating group) is 1. The summed E-state index contributed by atoms with van der Waals surface area (Å²) in [5.41, 5.74) is 1.73. The number of ether oxygens (including phenoxy) is 3. The Morgan fingerprint density at radius 2 is 1.66 bits per heavy atom. The molecule has 2 aliphatic carbocycles. The highest BCUT2D eigenvalue weighted by Gasteiger charge is 2.64. The first-order chi connectivity index (χ1) is 32.6. The van der Waals surface area contributed by atoms with Gasteiger partial charge in [0.15, 0.2) is 5.82 Å². The molecule has 0 spiro atoms. The Bertz CT molecular complexity index is 2520. The number of carbonyl (C=O) groups excluding carboxylic acids is 3. The third-order valence-corrected chi connectivity index (χ3v) is 14.5. The molecule has 17 nitrogen and oxygen atoms in total. The van der Waals surface area contributed by atoms with E-state index in [4.69, 9.17) is 30.8 Å². The second-order valence-corrected chi connectivity index (χ2v) is 19.8. The molecule has 2 saturated carbocycles. The third-order valence-electron chi connectivity index (χ3n) is 14.1. The summed E-state index contributed by atoms with van der Waals surface area (Å²) in [4.78, 5) is 64.5. The number of fused-ring (bicyclic) bond motifs is 1. The van der Waals surface area contributed by atoms with Gasteiger partial charge >= 0.3 is 0 Å². The summed E-state index contributed by atoms with van der Waals surface area (Å²) in [6.07, 6.45) is 12.0. The molecule has 3 fully saturated rings. The van der Waals surface area contributed by atoms with Gasteiger partial charge in [-0.3, -0.25) is 14.4 Å². The first-order valence-electron chi connectivity index (χ1n) is 23.7. The predicted octanol–water partition coefficient (Wildman–Crippen LogP) is 7.47. The minimum Gasteiger partial charge on any atom is -0.495 e. The number of amides is 3. The number of nitriles is 1. The maximum absolute atomic E-state index is 13.4. The molecule has 2 aliphatic heterocycles. The average molecular weight is 949 g/mol. The number of piperidine rings is 1. The molecule has 8 rings (SSSR count). The molecule has 3 amide bonds. The predicted molar refractivity (Wildman–Crippen MR) is 260 cm³/mol. The molecule has 0 radical (unpaired) electrons. The lowest BCUT2D eigenvalue weighted by Gasteiger charge is -2.63. The van der Waals surface area contributed by atoms with E-state index in [0.29, 0.717) is 95.6 Å². The molecule has 2 aromatic heterocycles. The zero-order valence-electron chi connectivity index (χ0n) is 40.0. The Balaban J connectivity index is 0.762. The van der Waals surface area contributed by atoms with Gasteiger partial charge in [0.25, 0.3) is 11.8 Å². The fourth-order valence-electron chi connectivity index (χ4n) is 10.8. The van der Waals surface area contributed by atoms with Crippen LogP contribution in [0, 0.1) is 22.2 Å². The van der Waals surface area contributed by atoms with Gasteiger partial charge in [-0.1, -0.05) is 59.1 Å². The van der Waals surface area contributed by atoms with Crippen molar-refractivity contribution in [3.05, 3.63) is 76.7 Å². The van der Waals surface area contributed by atoms with Crippen LogP contribution in [-0.2, 0) is 9.53 Å². The third kappa shape index (κ3) is 9.71. The van der Waals surface area contributed by atoms with E-state index in [1.807, 2.05) is 6.92 Å². The molecule has 18 heteroatoms. The van der Waals surface area contributed by atoms with Crippen molar-refractivity contribution in [3.8, 4) is 17.6 Å². The maximum atomic E-state index is 13.4. The first-order valence-corrected chi connectivity index (χ1v) is 24.0. The van der Waals surface area contributed by atoms with Gasteiger partial charge in [0.1, 0.15) is 35.4 Å². The molecule has 0 unspecified atom stereocenters. The normalized spacial score (nSPS) is 21.1. The van der Waals surface area contributed by atoms with Crippen molar-refractivity contribution in [2.75, 3.05) is 60.4 Å². The Labute approximate surface area is 403 Å². The number of anilines is 5. The van der Waals surface area contributed by atoms with Crippen LogP contribution in [-0.4, -0.2) is 108 Å². The summed E-state index contributed by atoms with van der Waals surface area (Å²) >= 11 is 6.25. The quantitative estimate of drug-likeness (QED) is 0.0935. The van der Waals surface area contributed by atoms with Gasteiger partial charge in [0.2, 0.25) is 17.8 Å². The van der Waals surface area contributed by atoms with Gasteiger partial charge in [-0.05, 0) is 68.9 Å². The number of aromatic nitrogens is 4. The topological polar surface area (TPSA) is 200 Å². The summed E-state index contributed by atoms with van der Waals surface area (Å²) < 4.78 is 18.2. The lowest BCUT2D eigenvalue weighted by Crippen LogP contribution is -2.74. The van der Waals surface area contributed by atoms with Crippen molar-refractivity contribution in [1.82, 2.24) is 30.6 Å². The lowest BCUT2D eigenvalue weighted by molar-refractivity contribution is -0.164. The lowest BCUT2D eigenvalue weighted by atomic mass is 9.49. The van der Waals surface area contributed by atoms with Crippen LogP contribution in [0.1, 0.15) is 112 Å². The highest BCUT2D eigenvalue weighted by Crippen LogP contribution is 2.55. The molecule has 4 heterocycles. The van der Waals surface area contributed by atoms with Crippen molar-refractivity contribution in [1.29, 1.82) is 5.26 Å². The van der Waals surface area contributed by atoms with Gasteiger partial charge in [-0.25, -0.2) is 15.0 Å². The van der Waals surface area contributed by atoms with E-state index in [0.717, 1.165) is 44.3 Å². The molecule has 1 saturated heterocycles. The van der Waals surface area contributed by atoms with E-state index >= 15 is 0 Å². The van der Waals surface area contributed by atoms with Crippen molar-refractivity contribution in [2.24, 2.45) is 10.8 Å². The minimum atomic E-state index is -0.400. The SMILES string of the molecule is CC[C@@H]1C(=O)N(C)c2cnc(Nc3ccc(C(=O)NCCCOC4CCN(c5ncc(C(=O)N[C@H]6C(C)(C)[C@H](Oc7ccc(C#N)c(Cl)c7)C6(C)C)cn5)CC4)cc3OC)nc2N1C1CCCC1. The molecule has 360 valence electrons. The molecule has 4 aliphatic rings. The van der Waals surface area contributed by atoms with Gasteiger partial charge < -0.3 is 44.9 Å². The van der Waals surface area contributed by atoms with E-state index < -0.39 is 10.8 Å². The zero-order chi connectivity index (χ0) is 48.3. The summed E-state index contributed by atoms with van der Waals surface area (Å²) in [7, 11) is 3.34. The van der Waals surface area contributed by atoms with Crippen LogP contribution >= 0.6 is 11.6 Å². The van der Waals surface area contributed by atoms with Crippen LogP contribution in [0.4, 0.5) is 29.1 Å². The number of nitrogens with zero attached hydrogens (tertiary/aromatic N) is 8. The van der Waals surface area contributed by atoms with Crippen LogP contribution in [0.2, 0.25) is 5.02 Å². The molecule has 2 aromatic carbocycles. The molecule has 4 aromatic rings. The Hall–Kier alpha value is -6.25. The van der Waals surface area contributed by atoms with Crippen molar-refractivity contribution < 1.29 is 28.6 Å². The smallest absolute Gasteiger partial charge is 0.254 e. The second-order valence-electron chi connectivity index (χ2n) is 19.3. The molecular formula is C50H62ClN11O6. The largest absolute Gasteiger partial charge is 0.495 e. The average Bonchev–Trinajstić information content (AvgIpc) is 3.88. The van der Waals surface area contributed by atoms with Crippen LogP contribution < -0.4 is 40.1 Å². The molecular weight excluding hydrogens is 886 g/mol. The standard InChI is InChI=1S/C50H62ClN11O6/c1-8-38-44(65)60(6)39-29-54-47(58-41(39)62(38)33-12-9-10-13-33)57-37-17-15-30(24-40(37)66-7)42(63)53-20-11-23-67-34-18-21-61(22-19-34)48-55-27-32(28-56-48)43(64)59-45-49(2,3)46(50(45,4)5)68-35-16-14-31(26-52)36(51)25-35/h14-17,24-25,27-29,33-34,38,45-46H,8-13,18-23H2,1-7H3,(H,53,63)(H,59,64)(H,54,57,58)/t38-,45-,46-/m1/s1. The van der Waals surface area contributed by atoms with Crippen LogP contribution in [0.5, 0.6) is 11.5 Å². The van der Waals surface area contributed by atoms with Crippen LogP contribution in [0.15, 0.2) is 55.0 Å². The number of methoxy groups -OCH3 is 1. The van der Waals surface area contributed by atoms with E-state index in [1.165, 1.54) is 0 Å². The van der Waals surface area contributed by atoms with Gasteiger partial charge in [-0.2, -0.15) is 10.2 Å². The minimum absolute atomic E-state index is 0.0625. The fourth-order valence-corrected chi connectivity index (χ4v) is 11.0. The van der Waals surface area contributed by atoms with Crippen molar-refractivity contribution >= 4 is 58.4 Å². The number of hydrogen-bond donors (Lipinski definition) is 3. The number of halogens is 1. The van der Waals surface area contributed by atoms with Gasteiger partial charge in [0, 0.05) is 80.2 Å². The monoisotopic (exact) mass is 947 g/mol. The number of nitrogens with one attached hydrogen (secondary N) is 3. The van der Waals surface area contributed by atoms with Gasteiger partial charge in [0.05, 0.1) is 41.2 Å². The molecule has 3 N–H and O–H groups in total.